The van der Waals surface area contributed by atoms with E-state index >= 15 is 0 Å². The summed E-state index contributed by atoms with van der Waals surface area (Å²) in [5, 5.41) is 24.8. The number of nitro groups is 1. The number of aromatic nitrogens is 2. The Labute approximate surface area is 124 Å². The second-order valence-corrected chi connectivity index (χ2v) is 4.76. The number of nitro benzene ring substituents is 1. The number of nitriles is 1. The Morgan fingerprint density at radius 3 is 2.82 bits per heavy atom. The molecule has 0 amide bonds. The Morgan fingerprint density at radius 1 is 1.36 bits per heavy atom. The zero-order chi connectivity index (χ0) is 15.9. The van der Waals surface area contributed by atoms with Crippen LogP contribution in [0.25, 0.3) is 22.0 Å². The molecule has 1 heterocycles. The number of aryl methyl sites for hydroxylation is 1. The molecule has 6 nitrogen and oxygen atoms in total. The molecule has 0 aliphatic carbocycles. The summed E-state index contributed by atoms with van der Waals surface area (Å²) in [7, 11) is 1.79. The van der Waals surface area contributed by atoms with Crippen molar-refractivity contribution < 1.29 is 9.31 Å². The van der Waals surface area contributed by atoms with Gasteiger partial charge < -0.3 is 0 Å². The van der Waals surface area contributed by atoms with E-state index in [1.807, 2.05) is 6.07 Å². The molecule has 2 aromatic carbocycles. The number of hydrogen-bond acceptors (Lipinski definition) is 4. The van der Waals surface area contributed by atoms with E-state index < -0.39 is 16.4 Å². The average Bonchev–Trinajstić information content (AvgIpc) is 2.87. The summed E-state index contributed by atoms with van der Waals surface area (Å²) in [5.74, 6) is -0.797. The maximum Gasteiger partial charge on any atom is 0.273 e. The highest BCUT2D eigenvalue weighted by atomic mass is 19.1. The standard InChI is InChI=1S/C15H9FN4O2/c1-19-14-3-2-9(4-11(14)8-18-19)15-10(7-17)5-12(20(21)22)6-13(15)16/h2-6,8H,1H3. The van der Waals surface area contributed by atoms with Crippen molar-refractivity contribution in [3.8, 4) is 17.2 Å². The third kappa shape index (κ3) is 2.07. The van der Waals surface area contributed by atoms with Crippen molar-refractivity contribution in [3.63, 3.8) is 0 Å². The molecule has 22 heavy (non-hydrogen) atoms. The van der Waals surface area contributed by atoms with Gasteiger partial charge in [0.05, 0.1) is 28.3 Å². The minimum atomic E-state index is -0.797. The SMILES string of the molecule is Cn1ncc2cc(-c3c(F)cc([N+](=O)[O-])cc3C#N)ccc21. The molecule has 0 fully saturated rings. The van der Waals surface area contributed by atoms with Crippen LogP contribution in [0.15, 0.2) is 36.5 Å². The Bertz CT molecular complexity index is 956. The highest BCUT2D eigenvalue weighted by Gasteiger charge is 2.18. The summed E-state index contributed by atoms with van der Waals surface area (Å²) in [4.78, 5) is 10.0. The highest BCUT2D eigenvalue weighted by Crippen LogP contribution is 2.32. The predicted molar refractivity (Wildman–Crippen MR) is 77.5 cm³/mol. The summed E-state index contributed by atoms with van der Waals surface area (Å²) in [6.45, 7) is 0. The molecule has 0 atom stereocenters. The molecule has 0 spiro atoms. The van der Waals surface area contributed by atoms with Crippen molar-refractivity contribution in [2.24, 2.45) is 7.05 Å². The number of rotatable bonds is 2. The largest absolute Gasteiger partial charge is 0.273 e. The van der Waals surface area contributed by atoms with Crippen molar-refractivity contribution in [3.05, 3.63) is 58.0 Å². The van der Waals surface area contributed by atoms with Crippen LogP contribution in [0.3, 0.4) is 0 Å². The lowest BCUT2D eigenvalue weighted by molar-refractivity contribution is -0.385. The minimum absolute atomic E-state index is 0.0545. The van der Waals surface area contributed by atoms with Gasteiger partial charge in [-0.2, -0.15) is 10.4 Å². The molecule has 1 aromatic heterocycles. The summed E-state index contributed by atoms with van der Waals surface area (Å²) < 4.78 is 15.9. The number of nitrogens with zero attached hydrogens (tertiary/aromatic N) is 4. The second-order valence-electron chi connectivity index (χ2n) is 4.76. The molecule has 0 saturated carbocycles. The fraction of sp³-hybridized carbons (Fsp3) is 0.0667. The van der Waals surface area contributed by atoms with Gasteiger partial charge >= 0.3 is 0 Å². The van der Waals surface area contributed by atoms with Crippen LogP contribution in [0.4, 0.5) is 10.1 Å². The van der Waals surface area contributed by atoms with Gasteiger partial charge in [0.25, 0.3) is 5.69 Å². The van der Waals surface area contributed by atoms with Crippen molar-refractivity contribution in [2.45, 2.75) is 0 Å². The Hall–Kier alpha value is -3.27. The number of non-ortho nitro benzene ring substituents is 1. The fourth-order valence-corrected chi connectivity index (χ4v) is 2.40. The van der Waals surface area contributed by atoms with Crippen LogP contribution in [0.2, 0.25) is 0 Å². The molecular formula is C15H9FN4O2. The fourth-order valence-electron chi connectivity index (χ4n) is 2.40. The lowest BCUT2D eigenvalue weighted by Crippen LogP contribution is -1.95. The van der Waals surface area contributed by atoms with Crippen LogP contribution in [-0.4, -0.2) is 14.7 Å². The van der Waals surface area contributed by atoms with Gasteiger partial charge in [-0.3, -0.25) is 14.8 Å². The first kappa shape index (κ1) is 13.7. The van der Waals surface area contributed by atoms with Gasteiger partial charge in [0.2, 0.25) is 0 Å². The number of benzene rings is 2. The zero-order valence-corrected chi connectivity index (χ0v) is 11.4. The molecular weight excluding hydrogens is 287 g/mol. The first-order chi connectivity index (χ1) is 10.5. The summed E-state index contributed by atoms with van der Waals surface area (Å²) in [6.07, 6.45) is 1.63. The molecule has 0 bridgehead atoms. The van der Waals surface area contributed by atoms with Gasteiger partial charge in [-0.15, -0.1) is 0 Å². The Balaban J connectivity index is 2.25. The number of hydrogen-bond donors (Lipinski definition) is 0. The second kappa shape index (κ2) is 4.93. The lowest BCUT2D eigenvalue weighted by Gasteiger charge is -2.07. The maximum atomic E-state index is 14.3. The number of halogens is 1. The van der Waals surface area contributed by atoms with Gasteiger partial charge in [0.15, 0.2) is 0 Å². The van der Waals surface area contributed by atoms with E-state index in [4.69, 9.17) is 0 Å². The molecule has 0 aliphatic rings. The summed E-state index contributed by atoms with van der Waals surface area (Å²) >= 11 is 0. The monoisotopic (exact) mass is 296 g/mol. The van der Waals surface area contributed by atoms with Crippen LogP contribution >= 0.6 is 0 Å². The van der Waals surface area contributed by atoms with Crippen LogP contribution < -0.4 is 0 Å². The molecule has 0 unspecified atom stereocenters. The van der Waals surface area contributed by atoms with Crippen LogP contribution in [-0.2, 0) is 7.05 Å². The highest BCUT2D eigenvalue weighted by molar-refractivity contribution is 5.86. The quantitative estimate of drug-likeness (QED) is 0.537. The van der Waals surface area contributed by atoms with Gasteiger partial charge in [-0.05, 0) is 17.7 Å². The smallest absolute Gasteiger partial charge is 0.268 e. The molecule has 108 valence electrons. The average molecular weight is 296 g/mol. The molecule has 7 heteroatoms. The van der Waals surface area contributed by atoms with Gasteiger partial charge in [0, 0.05) is 24.1 Å². The van der Waals surface area contributed by atoms with Gasteiger partial charge in [0.1, 0.15) is 11.9 Å². The van der Waals surface area contributed by atoms with E-state index in [0.29, 0.717) is 5.56 Å². The topological polar surface area (TPSA) is 84.8 Å². The van der Waals surface area contributed by atoms with E-state index in [0.717, 1.165) is 23.0 Å². The normalized spacial score (nSPS) is 10.6. The van der Waals surface area contributed by atoms with Gasteiger partial charge in [-0.1, -0.05) is 6.07 Å². The van der Waals surface area contributed by atoms with E-state index in [9.17, 15) is 19.8 Å². The molecule has 3 aromatic rings. The molecule has 0 aliphatic heterocycles. The zero-order valence-electron chi connectivity index (χ0n) is 11.4. The van der Waals surface area contributed by atoms with Crippen LogP contribution in [0, 0.1) is 27.3 Å². The molecule has 0 N–H and O–H groups in total. The first-order valence-corrected chi connectivity index (χ1v) is 6.31. The third-order valence-electron chi connectivity index (χ3n) is 3.44. The maximum absolute atomic E-state index is 14.3. The first-order valence-electron chi connectivity index (χ1n) is 6.31. The number of fused-ring (bicyclic) bond motifs is 1. The minimum Gasteiger partial charge on any atom is -0.268 e. The molecule has 0 radical (unpaired) electrons. The van der Waals surface area contributed by atoms with E-state index in [-0.39, 0.29) is 11.1 Å². The summed E-state index contributed by atoms with van der Waals surface area (Å²) in [6, 6.07) is 8.84. The predicted octanol–water partition coefficient (Wildman–Crippen LogP) is 3.16. The van der Waals surface area contributed by atoms with E-state index in [1.165, 1.54) is 0 Å². The van der Waals surface area contributed by atoms with Crippen molar-refractivity contribution >= 4 is 16.6 Å². The Kier molecular flexibility index (Phi) is 3.07. The van der Waals surface area contributed by atoms with Gasteiger partial charge in [-0.25, -0.2) is 4.39 Å². The Morgan fingerprint density at radius 2 is 2.14 bits per heavy atom. The summed E-state index contributed by atoms with van der Waals surface area (Å²) in [5.41, 5.74) is 0.878. The lowest BCUT2D eigenvalue weighted by atomic mass is 9.98. The van der Waals surface area contributed by atoms with Crippen molar-refractivity contribution in [1.82, 2.24) is 9.78 Å². The van der Waals surface area contributed by atoms with Crippen molar-refractivity contribution in [1.29, 1.82) is 5.26 Å². The molecule has 3 rings (SSSR count). The van der Waals surface area contributed by atoms with Crippen LogP contribution in [0.5, 0.6) is 0 Å². The van der Waals surface area contributed by atoms with Crippen LogP contribution in [0.1, 0.15) is 5.56 Å². The molecule has 0 saturated heterocycles. The van der Waals surface area contributed by atoms with Crippen molar-refractivity contribution in [2.75, 3.05) is 0 Å². The van der Waals surface area contributed by atoms with E-state index in [2.05, 4.69) is 5.10 Å². The van der Waals surface area contributed by atoms with E-state index in [1.54, 1.807) is 36.1 Å². The third-order valence-corrected chi connectivity index (χ3v) is 3.44.